The molecule has 7 heteroatoms. The van der Waals surface area contributed by atoms with Crippen molar-refractivity contribution in [2.45, 2.75) is 18.0 Å². The Morgan fingerprint density at radius 3 is 3.05 bits per heavy atom. The Balaban J connectivity index is 1.73. The number of carbonyl (C=O) groups excluding carboxylic acids is 1. The Labute approximate surface area is 133 Å². The van der Waals surface area contributed by atoms with Crippen LogP contribution in [-0.4, -0.2) is 40.1 Å². The number of carbonyl (C=O) groups is 1. The summed E-state index contributed by atoms with van der Waals surface area (Å²) in [7, 11) is 3.53. The van der Waals surface area contributed by atoms with Crippen LogP contribution in [0.4, 0.5) is 5.69 Å². The summed E-state index contributed by atoms with van der Waals surface area (Å²) in [5, 5.41) is 8.56. The molecule has 2 heterocycles. The van der Waals surface area contributed by atoms with E-state index in [1.165, 1.54) is 17.3 Å². The molecule has 1 amide bonds. The monoisotopic (exact) mass is 318 g/mol. The van der Waals surface area contributed by atoms with Crippen molar-refractivity contribution in [3.8, 4) is 5.75 Å². The highest BCUT2D eigenvalue weighted by atomic mass is 32.2. The number of amides is 1. The first-order chi connectivity index (χ1) is 10.7. The highest BCUT2D eigenvalue weighted by Gasteiger charge is 2.23. The summed E-state index contributed by atoms with van der Waals surface area (Å²) in [6.45, 7) is 0.761. The van der Waals surface area contributed by atoms with Crippen LogP contribution < -0.4 is 9.64 Å². The lowest BCUT2D eigenvalue weighted by Gasteiger charge is -2.29. The number of rotatable bonds is 4. The van der Waals surface area contributed by atoms with Crippen LogP contribution in [0.5, 0.6) is 5.75 Å². The Bertz CT molecular complexity index is 686. The van der Waals surface area contributed by atoms with Gasteiger partial charge in [-0.05, 0) is 36.6 Å². The molecule has 0 saturated heterocycles. The van der Waals surface area contributed by atoms with Crippen molar-refractivity contribution in [1.82, 2.24) is 14.8 Å². The lowest BCUT2D eigenvalue weighted by atomic mass is 10.0. The van der Waals surface area contributed by atoms with Gasteiger partial charge in [0.15, 0.2) is 5.16 Å². The van der Waals surface area contributed by atoms with Crippen molar-refractivity contribution in [3.63, 3.8) is 0 Å². The topological polar surface area (TPSA) is 60.2 Å². The number of aromatic nitrogens is 3. The molecule has 0 saturated carbocycles. The minimum atomic E-state index is 0.0964. The predicted octanol–water partition coefficient (Wildman–Crippen LogP) is 1.90. The van der Waals surface area contributed by atoms with Gasteiger partial charge in [-0.3, -0.25) is 4.79 Å². The molecule has 0 N–H and O–H groups in total. The number of hydrogen-bond acceptors (Lipinski definition) is 5. The first-order valence-electron chi connectivity index (χ1n) is 7.13. The third kappa shape index (κ3) is 2.94. The van der Waals surface area contributed by atoms with Crippen LogP contribution in [0.2, 0.25) is 0 Å². The first kappa shape index (κ1) is 14.9. The normalized spacial score (nSPS) is 13.8. The second kappa shape index (κ2) is 6.39. The Hall–Kier alpha value is -2.02. The Kier molecular flexibility index (Phi) is 4.33. The number of anilines is 1. The van der Waals surface area contributed by atoms with Crippen molar-refractivity contribution in [1.29, 1.82) is 0 Å². The molecular weight excluding hydrogens is 300 g/mol. The van der Waals surface area contributed by atoms with Crippen LogP contribution in [-0.2, 0) is 18.3 Å². The maximum atomic E-state index is 12.5. The van der Waals surface area contributed by atoms with Crippen LogP contribution >= 0.6 is 11.8 Å². The fourth-order valence-corrected chi connectivity index (χ4v) is 3.33. The van der Waals surface area contributed by atoms with Crippen LogP contribution in [0.1, 0.15) is 12.0 Å². The molecule has 0 atom stereocenters. The molecule has 6 nitrogen and oxygen atoms in total. The lowest BCUT2D eigenvalue weighted by molar-refractivity contribution is -0.116. The van der Waals surface area contributed by atoms with Gasteiger partial charge in [0, 0.05) is 19.3 Å². The summed E-state index contributed by atoms with van der Waals surface area (Å²) < 4.78 is 7.07. The molecule has 3 rings (SSSR count). The predicted molar refractivity (Wildman–Crippen MR) is 85.4 cm³/mol. The molecule has 1 aromatic heterocycles. The van der Waals surface area contributed by atoms with E-state index in [0.29, 0.717) is 5.75 Å². The molecule has 1 aliphatic heterocycles. The fraction of sp³-hybridized carbons (Fsp3) is 0.400. The number of ether oxygens (including phenoxy) is 1. The molecule has 2 aromatic rings. The van der Waals surface area contributed by atoms with E-state index in [4.69, 9.17) is 4.74 Å². The van der Waals surface area contributed by atoms with E-state index < -0.39 is 0 Å². The third-order valence-electron chi connectivity index (χ3n) is 3.70. The van der Waals surface area contributed by atoms with Crippen molar-refractivity contribution < 1.29 is 9.53 Å². The van der Waals surface area contributed by atoms with Crippen molar-refractivity contribution in [2.75, 3.05) is 24.3 Å². The Morgan fingerprint density at radius 1 is 1.45 bits per heavy atom. The van der Waals surface area contributed by atoms with Gasteiger partial charge in [-0.15, -0.1) is 10.2 Å². The number of aryl methyl sites for hydroxylation is 2. The number of fused-ring (bicyclic) bond motifs is 1. The summed E-state index contributed by atoms with van der Waals surface area (Å²) in [4.78, 5) is 14.4. The van der Waals surface area contributed by atoms with Gasteiger partial charge in [0.25, 0.3) is 0 Å². The average Bonchev–Trinajstić information content (AvgIpc) is 2.96. The van der Waals surface area contributed by atoms with Gasteiger partial charge >= 0.3 is 0 Å². The van der Waals surface area contributed by atoms with Gasteiger partial charge in [-0.2, -0.15) is 0 Å². The number of nitrogens with zero attached hydrogens (tertiary/aromatic N) is 4. The molecule has 0 fully saturated rings. The molecule has 0 spiro atoms. The first-order valence-corrected chi connectivity index (χ1v) is 8.11. The molecule has 0 bridgehead atoms. The number of benzene rings is 1. The van der Waals surface area contributed by atoms with E-state index in [1.54, 1.807) is 13.4 Å². The molecule has 22 heavy (non-hydrogen) atoms. The maximum absolute atomic E-state index is 12.5. The second-order valence-corrected chi connectivity index (χ2v) is 6.10. The standard InChI is InChI=1S/C15H18N4O2S/c1-18-10-16-17-15(18)22-9-14(20)19-7-3-4-11-8-12(21-2)5-6-13(11)19/h5-6,8,10H,3-4,7,9H2,1-2H3. The average molecular weight is 318 g/mol. The van der Waals surface area contributed by atoms with Gasteiger partial charge in [-0.25, -0.2) is 0 Å². The van der Waals surface area contributed by atoms with E-state index in [-0.39, 0.29) is 5.91 Å². The summed E-state index contributed by atoms with van der Waals surface area (Å²) in [5.41, 5.74) is 2.17. The van der Waals surface area contributed by atoms with Crippen LogP contribution in [0.15, 0.2) is 29.7 Å². The molecule has 0 unspecified atom stereocenters. The summed E-state index contributed by atoms with van der Waals surface area (Å²) in [6, 6.07) is 5.89. The van der Waals surface area contributed by atoms with Crippen molar-refractivity contribution in [2.24, 2.45) is 7.05 Å². The molecule has 116 valence electrons. The third-order valence-corrected chi connectivity index (χ3v) is 4.72. The summed E-state index contributed by atoms with van der Waals surface area (Å²) >= 11 is 1.41. The largest absolute Gasteiger partial charge is 0.497 e. The van der Waals surface area contributed by atoms with Crippen LogP contribution in [0, 0.1) is 0 Å². The number of hydrogen-bond donors (Lipinski definition) is 0. The maximum Gasteiger partial charge on any atom is 0.237 e. The van der Waals surface area contributed by atoms with E-state index in [2.05, 4.69) is 10.2 Å². The minimum absolute atomic E-state index is 0.0964. The smallest absolute Gasteiger partial charge is 0.237 e. The molecule has 0 radical (unpaired) electrons. The Morgan fingerprint density at radius 2 is 2.32 bits per heavy atom. The lowest BCUT2D eigenvalue weighted by Crippen LogP contribution is -2.36. The zero-order valence-corrected chi connectivity index (χ0v) is 13.5. The highest BCUT2D eigenvalue weighted by Crippen LogP contribution is 2.31. The molecule has 1 aromatic carbocycles. The van der Waals surface area contributed by atoms with Gasteiger partial charge in [-0.1, -0.05) is 11.8 Å². The van der Waals surface area contributed by atoms with E-state index >= 15 is 0 Å². The zero-order chi connectivity index (χ0) is 15.5. The fourth-order valence-electron chi connectivity index (χ4n) is 2.57. The van der Waals surface area contributed by atoms with Gasteiger partial charge < -0.3 is 14.2 Å². The van der Waals surface area contributed by atoms with Crippen molar-refractivity contribution >= 4 is 23.4 Å². The van der Waals surface area contributed by atoms with Gasteiger partial charge in [0.1, 0.15) is 12.1 Å². The minimum Gasteiger partial charge on any atom is -0.497 e. The number of thioether (sulfide) groups is 1. The molecule has 0 aliphatic carbocycles. The van der Waals surface area contributed by atoms with E-state index in [9.17, 15) is 4.79 Å². The van der Waals surface area contributed by atoms with Crippen molar-refractivity contribution in [3.05, 3.63) is 30.1 Å². The second-order valence-electron chi connectivity index (χ2n) is 5.16. The summed E-state index contributed by atoms with van der Waals surface area (Å²) in [6.07, 6.45) is 3.59. The SMILES string of the molecule is COc1ccc2c(c1)CCCN2C(=O)CSc1nncn1C. The molecular formula is C15H18N4O2S. The van der Waals surface area contributed by atoms with Crippen LogP contribution in [0.3, 0.4) is 0 Å². The van der Waals surface area contributed by atoms with Crippen LogP contribution in [0.25, 0.3) is 0 Å². The highest BCUT2D eigenvalue weighted by molar-refractivity contribution is 7.99. The molecule has 1 aliphatic rings. The van der Waals surface area contributed by atoms with Gasteiger partial charge in [0.2, 0.25) is 5.91 Å². The summed E-state index contributed by atoms with van der Waals surface area (Å²) in [5.74, 6) is 1.29. The van der Waals surface area contributed by atoms with E-state index in [1.807, 2.05) is 34.7 Å². The zero-order valence-electron chi connectivity index (χ0n) is 12.7. The van der Waals surface area contributed by atoms with E-state index in [0.717, 1.165) is 36.0 Å². The number of methoxy groups -OCH3 is 1. The van der Waals surface area contributed by atoms with Gasteiger partial charge in [0.05, 0.1) is 12.9 Å². The quantitative estimate of drug-likeness (QED) is 0.806.